The molecule has 3 atom stereocenters. The normalized spacial score (nSPS) is 19.7. The van der Waals surface area contributed by atoms with Crippen LogP contribution in [0.5, 0.6) is 5.75 Å². The lowest BCUT2D eigenvalue weighted by Gasteiger charge is -2.37. The second-order valence-electron chi connectivity index (χ2n) is 11.5. The molecule has 2 N–H and O–H groups in total. The minimum atomic E-state index is -0.587. The van der Waals surface area contributed by atoms with E-state index in [1.54, 1.807) is 25.3 Å². The van der Waals surface area contributed by atoms with Gasteiger partial charge in [-0.1, -0.05) is 6.07 Å². The highest BCUT2D eigenvalue weighted by molar-refractivity contribution is 5.96. The number of ether oxygens (including phenoxy) is 1. The number of likely N-dealkylation sites (tertiary alicyclic amines) is 1. The topological polar surface area (TPSA) is 121 Å². The van der Waals surface area contributed by atoms with E-state index in [1.807, 2.05) is 17.9 Å². The first-order valence-electron chi connectivity index (χ1n) is 14.8. The number of nitrogens with one attached hydrogen (secondary N) is 1. The summed E-state index contributed by atoms with van der Waals surface area (Å²) in [4.78, 5) is 37.3. The molecule has 1 aromatic carbocycles. The number of anilines is 1. The van der Waals surface area contributed by atoms with E-state index in [0.29, 0.717) is 37.5 Å². The number of hydrogen-bond donors (Lipinski definition) is 2. The molecule has 224 valence electrons. The van der Waals surface area contributed by atoms with Gasteiger partial charge in [-0.25, -0.2) is 9.97 Å². The Balaban J connectivity index is 1.06. The number of oxazole rings is 1. The van der Waals surface area contributed by atoms with E-state index in [2.05, 4.69) is 39.2 Å². The highest BCUT2D eigenvalue weighted by Crippen LogP contribution is 2.26. The SMILES string of the molecule is CC(=O)N1CC[C@H](Nc2cc(C(=O)CC[C@H](O)CN3CCc4cc(OCc5ocnc5C)ccc4C3)ccn2)C[C@H]1C. The molecule has 2 aromatic heterocycles. The fourth-order valence-corrected chi connectivity index (χ4v) is 5.94. The van der Waals surface area contributed by atoms with Gasteiger partial charge in [-0.05, 0) is 74.9 Å². The maximum atomic E-state index is 13.0. The molecular formula is C32H41N5O5. The monoisotopic (exact) mass is 575 g/mol. The molecule has 1 fully saturated rings. The molecule has 2 aliphatic heterocycles. The Morgan fingerprint density at radius 2 is 2.05 bits per heavy atom. The largest absolute Gasteiger partial charge is 0.486 e. The highest BCUT2D eigenvalue weighted by Gasteiger charge is 2.27. The van der Waals surface area contributed by atoms with Crippen molar-refractivity contribution in [1.82, 2.24) is 19.8 Å². The first-order chi connectivity index (χ1) is 20.2. The number of benzene rings is 1. The number of ketones is 1. The summed E-state index contributed by atoms with van der Waals surface area (Å²) in [5, 5.41) is 14.2. The molecule has 4 heterocycles. The number of amides is 1. The zero-order valence-corrected chi connectivity index (χ0v) is 24.7. The molecule has 0 unspecified atom stereocenters. The number of hydrogen-bond acceptors (Lipinski definition) is 9. The lowest BCUT2D eigenvalue weighted by molar-refractivity contribution is -0.132. The third kappa shape index (κ3) is 7.54. The Hall–Kier alpha value is -3.76. The Morgan fingerprint density at radius 1 is 1.19 bits per heavy atom. The van der Waals surface area contributed by atoms with Crippen LogP contribution in [-0.2, 0) is 24.4 Å². The van der Waals surface area contributed by atoms with Crippen molar-refractivity contribution in [2.45, 2.75) is 84.2 Å². The zero-order valence-electron chi connectivity index (χ0n) is 24.7. The van der Waals surface area contributed by atoms with Crippen molar-refractivity contribution in [1.29, 1.82) is 0 Å². The van der Waals surface area contributed by atoms with E-state index in [9.17, 15) is 14.7 Å². The maximum absolute atomic E-state index is 13.0. The number of rotatable bonds is 11. The van der Waals surface area contributed by atoms with Gasteiger partial charge in [0.05, 0.1) is 11.8 Å². The van der Waals surface area contributed by atoms with E-state index in [0.717, 1.165) is 49.6 Å². The van der Waals surface area contributed by atoms with Crippen molar-refractivity contribution in [3.05, 3.63) is 71.1 Å². The summed E-state index contributed by atoms with van der Waals surface area (Å²) in [5.74, 6) is 2.30. The number of aryl methyl sites for hydroxylation is 1. The van der Waals surface area contributed by atoms with Crippen LogP contribution in [0.3, 0.4) is 0 Å². The summed E-state index contributed by atoms with van der Waals surface area (Å²) < 4.78 is 11.3. The average Bonchev–Trinajstić information content (AvgIpc) is 3.39. The zero-order chi connectivity index (χ0) is 29.6. The van der Waals surface area contributed by atoms with E-state index >= 15 is 0 Å². The molecule has 0 saturated carbocycles. The van der Waals surface area contributed by atoms with Crippen molar-refractivity contribution in [2.24, 2.45) is 0 Å². The van der Waals surface area contributed by atoms with Crippen LogP contribution >= 0.6 is 0 Å². The van der Waals surface area contributed by atoms with E-state index in [1.165, 1.54) is 17.5 Å². The van der Waals surface area contributed by atoms with Gasteiger partial charge in [0.2, 0.25) is 5.91 Å². The average molecular weight is 576 g/mol. The smallest absolute Gasteiger partial charge is 0.219 e. The van der Waals surface area contributed by atoms with E-state index in [4.69, 9.17) is 9.15 Å². The van der Waals surface area contributed by atoms with Gasteiger partial charge in [0.25, 0.3) is 0 Å². The lowest BCUT2D eigenvalue weighted by atomic mass is 9.98. The van der Waals surface area contributed by atoms with Crippen LogP contribution < -0.4 is 10.1 Å². The molecule has 0 bridgehead atoms. The number of carbonyl (C=O) groups is 2. The number of carbonyl (C=O) groups excluding carboxylic acids is 2. The van der Waals surface area contributed by atoms with Crippen LogP contribution in [0.25, 0.3) is 0 Å². The number of Topliss-reactive ketones (excluding diaryl/α,β-unsaturated/α-hetero) is 1. The molecule has 2 aliphatic rings. The highest BCUT2D eigenvalue weighted by atomic mass is 16.5. The molecule has 5 rings (SSSR count). The molecule has 0 spiro atoms. The van der Waals surface area contributed by atoms with Crippen molar-refractivity contribution in [3.63, 3.8) is 0 Å². The molecular weight excluding hydrogens is 534 g/mol. The summed E-state index contributed by atoms with van der Waals surface area (Å²) in [6.45, 7) is 8.75. The third-order valence-electron chi connectivity index (χ3n) is 8.37. The fourth-order valence-electron chi connectivity index (χ4n) is 5.94. The first-order valence-corrected chi connectivity index (χ1v) is 14.8. The second kappa shape index (κ2) is 13.5. The molecule has 0 radical (unpaired) electrons. The van der Waals surface area contributed by atoms with Crippen LogP contribution in [0.2, 0.25) is 0 Å². The molecule has 3 aromatic rings. The number of fused-ring (bicyclic) bond motifs is 1. The van der Waals surface area contributed by atoms with Crippen LogP contribution in [-0.4, -0.2) is 74.4 Å². The van der Waals surface area contributed by atoms with Crippen LogP contribution in [0.1, 0.15) is 72.5 Å². The molecule has 10 heteroatoms. The van der Waals surface area contributed by atoms with Crippen molar-refractivity contribution >= 4 is 17.5 Å². The Morgan fingerprint density at radius 3 is 2.81 bits per heavy atom. The molecule has 42 heavy (non-hydrogen) atoms. The standard InChI is InChI=1S/C32H41N5O5/c1-21-14-27(10-13-37(21)23(3)38)35-32-16-25(8-11-33-32)30(40)7-5-28(39)18-36-12-9-24-15-29(6-4-26(24)17-36)41-19-31-22(2)34-20-42-31/h4,6,8,11,15-16,20-21,27-28,39H,5,7,9-10,12-14,17-19H2,1-3H3,(H,33,35)/t21-,27+,28+/m1/s1. The van der Waals surface area contributed by atoms with Gasteiger partial charge in [-0.15, -0.1) is 0 Å². The predicted octanol–water partition coefficient (Wildman–Crippen LogP) is 4.15. The van der Waals surface area contributed by atoms with Gasteiger partial charge in [-0.3, -0.25) is 14.5 Å². The van der Waals surface area contributed by atoms with Gasteiger partial charge in [0.15, 0.2) is 17.9 Å². The Kier molecular flexibility index (Phi) is 9.54. The molecule has 10 nitrogen and oxygen atoms in total. The first kappa shape index (κ1) is 29.7. The number of pyridine rings is 1. The number of aliphatic hydroxyl groups excluding tert-OH is 1. The number of nitrogens with zero attached hydrogens (tertiary/aromatic N) is 4. The van der Waals surface area contributed by atoms with Crippen LogP contribution in [0.15, 0.2) is 47.3 Å². The van der Waals surface area contributed by atoms with Gasteiger partial charge >= 0.3 is 0 Å². The van der Waals surface area contributed by atoms with Gasteiger partial charge in [0, 0.05) is 63.4 Å². The minimum Gasteiger partial charge on any atom is -0.486 e. The van der Waals surface area contributed by atoms with Crippen molar-refractivity contribution in [2.75, 3.05) is 25.0 Å². The summed E-state index contributed by atoms with van der Waals surface area (Å²) in [7, 11) is 0. The number of aliphatic hydroxyl groups is 1. The molecule has 0 aliphatic carbocycles. The number of piperidine rings is 1. The van der Waals surface area contributed by atoms with Crippen molar-refractivity contribution in [3.8, 4) is 5.75 Å². The van der Waals surface area contributed by atoms with Crippen LogP contribution in [0.4, 0.5) is 5.82 Å². The molecule has 1 amide bonds. The van der Waals surface area contributed by atoms with Gasteiger partial charge in [0.1, 0.15) is 18.2 Å². The van der Waals surface area contributed by atoms with Gasteiger partial charge in [-0.2, -0.15) is 0 Å². The summed E-state index contributed by atoms with van der Waals surface area (Å²) in [6.07, 6.45) is 5.72. The van der Waals surface area contributed by atoms with Gasteiger partial charge < -0.3 is 24.5 Å². The number of aromatic nitrogens is 2. The summed E-state index contributed by atoms with van der Waals surface area (Å²) in [5.41, 5.74) is 3.91. The summed E-state index contributed by atoms with van der Waals surface area (Å²) in [6, 6.07) is 10.0. The quantitative estimate of drug-likeness (QED) is 0.325. The predicted molar refractivity (Wildman–Crippen MR) is 158 cm³/mol. The summed E-state index contributed by atoms with van der Waals surface area (Å²) >= 11 is 0. The number of β-amino-alcohol motifs (C(OH)–C–C–N with tert-alkyl or cyclic N) is 1. The minimum absolute atomic E-state index is 0.00342. The van der Waals surface area contributed by atoms with Crippen LogP contribution in [0, 0.1) is 6.92 Å². The lowest BCUT2D eigenvalue weighted by Crippen LogP contribution is -2.47. The van der Waals surface area contributed by atoms with E-state index < -0.39 is 6.10 Å². The van der Waals surface area contributed by atoms with Crippen molar-refractivity contribution < 1.29 is 23.8 Å². The van der Waals surface area contributed by atoms with E-state index in [-0.39, 0.29) is 30.2 Å². The molecule has 1 saturated heterocycles. The maximum Gasteiger partial charge on any atom is 0.219 e. The Bertz CT molecular complexity index is 1390. The Labute approximate surface area is 247 Å². The third-order valence-corrected chi connectivity index (χ3v) is 8.37. The fraction of sp³-hybridized carbons (Fsp3) is 0.500. The second-order valence-corrected chi connectivity index (χ2v) is 11.5.